The Kier molecular flexibility index (Phi) is 4.41. The molecule has 1 nitrogen and oxygen atoms in total. The summed E-state index contributed by atoms with van der Waals surface area (Å²) in [5.74, 6) is 0. The lowest BCUT2D eigenvalue weighted by Crippen LogP contribution is -2.07. The third kappa shape index (κ3) is 5.57. The molecule has 0 N–H and O–H groups in total. The second kappa shape index (κ2) is 4.57. The van der Waals surface area contributed by atoms with Crippen LogP contribution in [-0.2, 0) is 4.74 Å². The van der Waals surface area contributed by atoms with Gasteiger partial charge in [-0.2, -0.15) is 0 Å². The van der Waals surface area contributed by atoms with Crippen molar-refractivity contribution in [1.29, 1.82) is 0 Å². The van der Waals surface area contributed by atoms with Gasteiger partial charge in [0.2, 0.25) is 0 Å². The molecule has 0 spiro atoms. The van der Waals surface area contributed by atoms with E-state index in [9.17, 15) is 0 Å². The van der Waals surface area contributed by atoms with Crippen LogP contribution in [0.1, 0.15) is 27.2 Å². The van der Waals surface area contributed by atoms with Crippen LogP contribution in [0.3, 0.4) is 0 Å². The maximum atomic E-state index is 5.35. The maximum Gasteiger partial charge on any atom is 0.0675 e. The van der Waals surface area contributed by atoms with Crippen molar-refractivity contribution in [1.82, 2.24) is 0 Å². The van der Waals surface area contributed by atoms with Crippen LogP contribution >= 0.6 is 0 Å². The van der Waals surface area contributed by atoms with Crippen LogP contribution in [0.5, 0.6) is 0 Å². The fraction of sp³-hybridized carbons (Fsp3) is 0.750. The standard InChI is InChI=1S/C8H16O/c1-5-8(4)9-6-7(2)3/h8H,2,5-6H2,1,3-4H3. The first kappa shape index (κ1) is 8.70. The van der Waals surface area contributed by atoms with E-state index >= 15 is 0 Å². The second-order valence-corrected chi connectivity index (χ2v) is 2.49. The van der Waals surface area contributed by atoms with E-state index in [1.807, 2.05) is 6.92 Å². The molecule has 0 aliphatic carbocycles. The molecular weight excluding hydrogens is 112 g/mol. The molecule has 0 heterocycles. The van der Waals surface area contributed by atoms with Crippen LogP contribution in [-0.4, -0.2) is 12.7 Å². The van der Waals surface area contributed by atoms with Gasteiger partial charge in [-0.15, -0.1) is 0 Å². The highest BCUT2D eigenvalue weighted by atomic mass is 16.5. The van der Waals surface area contributed by atoms with Crippen LogP contribution < -0.4 is 0 Å². The molecule has 0 saturated heterocycles. The van der Waals surface area contributed by atoms with Crippen molar-refractivity contribution in [3.05, 3.63) is 12.2 Å². The van der Waals surface area contributed by atoms with Crippen LogP contribution in [0.2, 0.25) is 0 Å². The molecular formula is C8H16O. The van der Waals surface area contributed by atoms with E-state index in [1.54, 1.807) is 0 Å². The van der Waals surface area contributed by atoms with Gasteiger partial charge < -0.3 is 4.74 Å². The van der Waals surface area contributed by atoms with E-state index in [1.165, 1.54) is 0 Å². The summed E-state index contributed by atoms with van der Waals surface area (Å²) in [7, 11) is 0. The first-order valence-electron chi connectivity index (χ1n) is 3.42. The van der Waals surface area contributed by atoms with Crippen LogP contribution in [0.25, 0.3) is 0 Å². The highest BCUT2D eigenvalue weighted by Gasteiger charge is 1.95. The molecule has 9 heavy (non-hydrogen) atoms. The summed E-state index contributed by atoms with van der Waals surface area (Å²) >= 11 is 0. The van der Waals surface area contributed by atoms with Gasteiger partial charge in [-0.3, -0.25) is 0 Å². The minimum atomic E-state index is 0.377. The van der Waals surface area contributed by atoms with Crippen molar-refractivity contribution >= 4 is 0 Å². The molecule has 1 unspecified atom stereocenters. The molecule has 54 valence electrons. The molecule has 0 rings (SSSR count). The van der Waals surface area contributed by atoms with E-state index in [2.05, 4.69) is 20.4 Å². The molecule has 0 aliphatic rings. The van der Waals surface area contributed by atoms with Gasteiger partial charge in [0, 0.05) is 0 Å². The minimum absolute atomic E-state index is 0.377. The minimum Gasteiger partial charge on any atom is -0.374 e. The average Bonchev–Trinajstić information content (AvgIpc) is 1.83. The van der Waals surface area contributed by atoms with Gasteiger partial charge in [-0.1, -0.05) is 19.1 Å². The van der Waals surface area contributed by atoms with Gasteiger partial charge in [0.1, 0.15) is 0 Å². The Morgan fingerprint density at radius 3 is 2.56 bits per heavy atom. The van der Waals surface area contributed by atoms with Crippen molar-refractivity contribution < 1.29 is 4.74 Å². The predicted octanol–water partition coefficient (Wildman–Crippen LogP) is 2.38. The molecule has 0 bridgehead atoms. The lowest BCUT2D eigenvalue weighted by atomic mass is 10.3. The van der Waals surface area contributed by atoms with E-state index in [4.69, 9.17) is 4.74 Å². The zero-order valence-electron chi connectivity index (χ0n) is 6.61. The van der Waals surface area contributed by atoms with Gasteiger partial charge in [-0.25, -0.2) is 0 Å². The average molecular weight is 128 g/mol. The zero-order chi connectivity index (χ0) is 7.28. The molecule has 0 fully saturated rings. The molecule has 0 aromatic heterocycles. The molecule has 0 aromatic rings. The first-order chi connectivity index (χ1) is 4.16. The second-order valence-electron chi connectivity index (χ2n) is 2.49. The Balaban J connectivity index is 3.16. The molecule has 0 amide bonds. The number of rotatable bonds is 4. The van der Waals surface area contributed by atoms with Crippen molar-refractivity contribution in [3.8, 4) is 0 Å². The maximum absolute atomic E-state index is 5.35. The smallest absolute Gasteiger partial charge is 0.0675 e. The Morgan fingerprint density at radius 2 is 2.22 bits per heavy atom. The monoisotopic (exact) mass is 128 g/mol. The molecule has 1 heteroatoms. The molecule has 0 aromatic carbocycles. The van der Waals surface area contributed by atoms with Gasteiger partial charge >= 0.3 is 0 Å². The Hall–Kier alpha value is -0.300. The van der Waals surface area contributed by atoms with Crippen molar-refractivity contribution in [2.24, 2.45) is 0 Å². The summed E-state index contributed by atoms with van der Waals surface area (Å²) in [6.07, 6.45) is 1.45. The van der Waals surface area contributed by atoms with Crippen LogP contribution in [0.15, 0.2) is 12.2 Å². The van der Waals surface area contributed by atoms with Crippen molar-refractivity contribution in [2.75, 3.05) is 6.61 Å². The third-order valence-electron chi connectivity index (χ3n) is 1.19. The lowest BCUT2D eigenvalue weighted by Gasteiger charge is -2.09. The van der Waals surface area contributed by atoms with E-state index in [0.29, 0.717) is 12.7 Å². The topological polar surface area (TPSA) is 9.23 Å². The SMILES string of the molecule is C=C(C)COC(C)CC. The van der Waals surface area contributed by atoms with Gasteiger partial charge in [-0.05, 0) is 20.3 Å². The van der Waals surface area contributed by atoms with Crippen LogP contribution in [0.4, 0.5) is 0 Å². The van der Waals surface area contributed by atoms with Gasteiger partial charge in [0.05, 0.1) is 12.7 Å². The zero-order valence-corrected chi connectivity index (χ0v) is 6.61. The van der Waals surface area contributed by atoms with E-state index in [0.717, 1.165) is 12.0 Å². The fourth-order valence-corrected chi connectivity index (χ4v) is 0.402. The highest BCUT2D eigenvalue weighted by Crippen LogP contribution is 1.98. The van der Waals surface area contributed by atoms with Gasteiger partial charge in [0.25, 0.3) is 0 Å². The largest absolute Gasteiger partial charge is 0.374 e. The van der Waals surface area contributed by atoms with E-state index in [-0.39, 0.29) is 0 Å². The van der Waals surface area contributed by atoms with Crippen molar-refractivity contribution in [3.63, 3.8) is 0 Å². The Bertz CT molecular complexity index is 86.6. The third-order valence-corrected chi connectivity index (χ3v) is 1.19. The Labute approximate surface area is 57.7 Å². The van der Waals surface area contributed by atoms with Crippen LogP contribution in [0, 0.1) is 0 Å². The summed E-state index contributed by atoms with van der Waals surface area (Å²) in [6.45, 7) is 10.6. The fourth-order valence-electron chi connectivity index (χ4n) is 0.402. The molecule has 0 aliphatic heterocycles. The molecule has 0 saturated carbocycles. The van der Waals surface area contributed by atoms with E-state index < -0.39 is 0 Å². The quantitative estimate of drug-likeness (QED) is 0.528. The number of ether oxygens (including phenoxy) is 1. The Morgan fingerprint density at radius 1 is 1.67 bits per heavy atom. The normalized spacial score (nSPS) is 13.2. The van der Waals surface area contributed by atoms with Gasteiger partial charge in [0.15, 0.2) is 0 Å². The molecule has 1 atom stereocenters. The summed E-state index contributed by atoms with van der Waals surface area (Å²) in [6, 6.07) is 0. The number of hydrogen-bond donors (Lipinski definition) is 0. The number of hydrogen-bond acceptors (Lipinski definition) is 1. The molecule has 0 radical (unpaired) electrons. The summed E-state index contributed by atoms with van der Waals surface area (Å²) in [5.41, 5.74) is 1.09. The summed E-state index contributed by atoms with van der Waals surface area (Å²) in [5, 5.41) is 0. The van der Waals surface area contributed by atoms with Crippen molar-refractivity contribution in [2.45, 2.75) is 33.3 Å². The highest BCUT2D eigenvalue weighted by molar-refractivity contribution is 4.87. The first-order valence-corrected chi connectivity index (χ1v) is 3.42. The lowest BCUT2D eigenvalue weighted by molar-refractivity contribution is 0.0811. The predicted molar refractivity (Wildman–Crippen MR) is 40.5 cm³/mol. The summed E-state index contributed by atoms with van der Waals surface area (Å²) in [4.78, 5) is 0. The summed E-state index contributed by atoms with van der Waals surface area (Å²) < 4.78 is 5.35.